The van der Waals surface area contributed by atoms with Crippen LogP contribution in [0.1, 0.15) is 34.5 Å². The first kappa shape index (κ1) is 15.2. The van der Waals surface area contributed by atoms with E-state index in [9.17, 15) is 4.79 Å². The summed E-state index contributed by atoms with van der Waals surface area (Å²) in [6.45, 7) is 4.66. The summed E-state index contributed by atoms with van der Waals surface area (Å²) in [5.41, 5.74) is 2.70. The van der Waals surface area contributed by atoms with Crippen LogP contribution in [0, 0.1) is 0 Å². The topological polar surface area (TPSA) is 49.8 Å². The van der Waals surface area contributed by atoms with Crippen LogP contribution < -0.4 is 0 Å². The van der Waals surface area contributed by atoms with E-state index in [1.54, 1.807) is 23.5 Å². The van der Waals surface area contributed by atoms with Gasteiger partial charge < -0.3 is 9.84 Å². The van der Waals surface area contributed by atoms with Gasteiger partial charge in [-0.15, -0.1) is 0 Å². The van der Waals surface area contributed by atoms with E-state index in [1.165, 1.54) is 5.56 Å². The molecule has 0 spiro atoms. The number of nitrogens with zero attached hydrogens (tertiary/aromatic N) is 1. The zero-order valence-electron chi connectivity index (χ0n) is 12.4. The van der Waals surface area contributed by atoms with Crippen LogP contribution in [0.3, 0.4) is 0 Å². The van der Waals surface area contributed by atoms with Gasteiger partial charge in [0.15, 0.2) is 0 Å². The van der Waals surface area contributed by atoms with Gasteiger partial charge in [-0.3, -0.25) is 4.90 Å². The molecule has 4 nitrogen and oxygen atoms in total. The van der Waals surface area contributed by atoms with Crippen LogP contribution >= 0.6 is 11.3 Å². The number of rotatable bonds is 4. The maximum Gasteiger partial charge on any atom is 0.335 e. The van der Waals surface area contributed by atoms with Crippen molar-refractivity contribution in [3.05, 3.63) is 57.8 Å². The van der Waals surface area contributed by atoms with Crippen molar-refractivity contribution in [2.45, 2.75) is 25.7 Å². The third kappa shape index (κ3) is 3.55. The highest BCUT2D eigenvalue weighted by Gasteiger charge is 2.26. The molecule has 2 heterocycles. The molecular formula is C17H19NO3S. The molecule has 22 heavy (non-hydrogen) atoms. The van der Waals surface area contributed by atoms with E-state index >= 15 is 0 Å². The number of hydrogen-bond acceptors (Lipinski definition) is 4. The Balaban J connectivity index is 1.67. The Morgan fingerprint density at radius 3 is 2.73 bits per heavy atom. The molecule has 0 saturated carbocycles. The quantitative estimate of drug-likeness (QED) is 0.939. The number of aromatic carboxylic acids is 1. The molecule has 1 aromatic heterocycles. The Bertz CT molecular complexity index is 624. The first-order valence-electron chi connectivity index (χ1n) is 7.34. The van der Waals surface area contributed by atoms with Crippen molar-refractivity contribution in [3.63, 3.8) is 0 Å². The standard InChI is InChI=1S/C17H19NO3S/c1-12-8-18(10-16(21-12)15-6-7-22-11-15)9-13-2-4-14(5-3-13)17(19)20/h2-7,11-12,16H,8-10H2,1H3,(H,19,20). The summed E-state index contributed by atoms with van der Waals surface area (Å²) in [6, 6.07) is 9.23. The fourth-order valence-corrected chi connectivity index (χ4v) is 3.52. The normalized spacial score (nSPS) is 22.6. The summed E-state index contributed by atoms with van der Waals surface area (Å²) < 4.78 is 6.04. The van der Waals surface area contributed by atoms with E-state index in [0.29, 0.717) is 5.56 Å². The third-order valence-electron chi connectivity index (χ3n) is 3.86. The Morgan fingerprint density at radius 2 is 2.09 bits per heavy atom. The number of morpholine rings is 1. The van der Waals surface area contributed by atoms with Crippen molar-refractivity contribution >= 4 is 17.3 Å². The molecule has 0 bridgehead atoms. The van der Waals surface area contributed by atoms with E-state index in [2.05, 4.69) is 28.7 Å². The van der Waals surface area contributed by atoms with Crippen molar-refractivity contribution < 1.29 is 14.6 Å². The van der Waals surface area contributed by atoms with Crippen LogP contribution in [0.25, 0.3) is 0 Å². The highest BCUT2D eigenvalue weighted by molar-refractivity contribution is 7.07. The number of benzene rings is 1. The number of carboxylic acids is 1. The molecule has 116 valence electrons. The zero-order chi connectivity index (χ0) is 15.5. The molecule has 2 atom stereocenters. The molecule has 3 rings (SSSR count). The summed E-state index contributed by atoms with van der Waals surface area (Å²) in [4.78, 5) is 13.3. The minimum absolute atomic E-state index is 0.119. The van der Waals surface area contributed by atoms with Crippen molar-refractivity contribution in [1.29, 1.82) is 0 Å². The zero-order valence-corrected chi connectivity index (χ0v) is 13.3. The van der Waals surface area contributed by atoms with Crippen molar-refractivity contribution in [2.75, 3.05) is 13.1 Å². The van der Waals surface area contributed by atoms with Crippen molar-refractivity contribution in [1.82, 2.24) is 4.90 Å². The smallest absolute Gasteiger partial charge is 0.335 e. The molecule has 0 radical (unpaired) electrons. The Labute approximate surface area is 134 Å². The molecule has 0 aliphatic carbocycles. The molecular weight excluding hydrogens is 298 g/mol. The fourth-order valence-electron chi connectivity index (χ4n) is 2.82. The van der Waals surface area contributed by atoms with Crippen LogP contribution in [0.15, 0.2) is 41.1 Å². The Hall–Kier alpha value is -1.69. The molecule has 1 fully saturated rings. The van der Waals surface area contributed by atoms with Crippen LogP contribution in [0.4, 0.5) is 0 Å². The molecule has 1 saturated heterocycles. The monoisotopic (exact) mass is 317 g/mol. The van der Waals surface area contributed by atoms with Gasteiger partial charge >= 0.3 is 5.97 Å². The maximum absolute atomic E-state index is 10.9. The van der Waals surface area contributed by atoms with Gasteiger partial charge in [0, 0.05) is 19.6 Å². The second-order valence-electron chi connectivity index (χ2n) is 5.69. The summed E-state index contributed by atoms with van der Waals surface area (Å²) in [7, 11) is 0. The van der Waals surface area contributed by atoms with E-state index < -0.39 is 5.97 Å². The molecule has 2 unspecified atom stereocenters. The lowest BCUT2D eigenvalue weighted by molar-refractivity contribution is -0.0812. The van der Waals surface area contributed by atoms with Gasteiger partial charge in [0.25, 0.3) is 0 Å². The van der Waals surface area contributed by atoms with Crippen LogP contribution in [0.5, 0.6) is 0 Å². The third-order valence-corrected chi connectivity index (χ3v) is 4.56. The first-order valence-corrected chi connectivity index (χ1v) is 8.28. The van der Waals surface area contributed by atoms with Crippen LogP contribution in [-0.2, 0) is 11.3 Å². The Kier molecular flexibility index (Phi) is 4.57. The minimum atomic E-state index is -0.885. The predicted molar refractivity (Wildman–Crippen MR) is 86.3 cm³/mol. The molecule has 1 N–H and O–H groups in total. The largest absolute Gasteiger partial charge is 0.478 e. The molecule has 0 amide bonds. The van der Waals surface area contributed by atoms with Crippen molar-refractivity contribution in [2.24, 2.45) is 0 Å². The molecule has 1 aliphatic heterocycles. The SMILES string of the molecule is CC1CN(Cc2ccc(C(=O)O)cc2)CC(c2ccsc2)O1. The van der Waals surface area contributed by atoms with E-state index in [1.807, 2.05) is 12.1 Å². The summed E-state index contributed by atoms with van der Waals surface area (Å²) in [6.07, 6.45) is 0.310. The van der Waals surface area contributed by atoms with E-state index in [0.717, 1.165) is 25.2 Å². The summed E-state index contributed by atoms with van der Waals surface area (Å²) >= 11 is 1.69. The second kappa shape index (κ2) is 6.60. The number of carbonyl (C=O) groups is 1. The number of carboxylic acid groups (broad SMARTS) is 1. The van der Waals surface area contributed by atoms with E-state index in [4.69, 9.17) is 9.84 Å². The second-order valence-corrected chi connectivity index (χ2v) is 6.47. The molecule has 2 aromatic rings. The lowest BCUT2D eigenvalue weighted by Gasteiger charge is -2.36. The number of hydrogen-bond donors (Lipinski definition) is 1. The lowest BCUT2D eigenvalue weighted by Crippen LogP contribution is -2.42. The first-order chi connectivity index (χ1) is 10.6. The van der Waals surface area contributed by atoms with Crippen molar-refractivity contribution in [3.8, 4) is 0 Å². The summed E-state index contributed by atoms with van der Waals surface area (Å²) in [5.74, 6) is -0.885. The average molecular weight is 317 g/mol. The maximum atomic E-state index is 10.9. The molecule has 1 aromatic carbocycles. The van der Waals surface area contributed by atoms with Gasteiger partial charge in [0.1, 0.15) is 0 Å². The number of ether oxygens (including phenoxy) is 1. The molecule has 5 heteroatoms. The van der Waals surface area contributed by atoms with Gasteiger partial charge in [-0.1, -0.05) is 12.1 Å². The van der Waals surface area contributed by atoms with Gasteiger partial charge in [0.2, 0.25) is 0 Å². The fraction of sp³-hybridized carbons (Fsp3) is 0.353. The van der Waals surface area contributed by atoms with Gasteiger partial charge in [-0.2, -0.15) is 11.3 Å². The minimum Gasteiger partial charge on any atom is -0.478 e. The van der Waals surface area contributed by atoms with Gasteiger partial charge in [0.05, 0.1) is 17.8 Å². The van der Waals surface area contributed by atoms with E-state index in [-0.39, 0.29) is 12.2 Å². The lowest BCUT2D eigenvalue weighted by atomic mass is 10.1. The van der Waals surface area contributed by atoms with Gasteiger partial charge in [-0.25, -0.2) is 4.79 Å². The average Bonchev–Trinajstić information content (AvgIpc) is 3.01. The summed E-state index contributed by atoms with van der Waals surface area (Å²) in [5, 5.41) is 13.2. The highest BCUT2D eigenvalue weighted by atomic mass is 32.1. The highest BCUT2D eigenvalue weighted by Crippen LogP contribution is 2.27. The van der Waals surface area contributed by atoms with Crippen LogP contribution in [0.2, 0.25) is 0 Å². The predicted octanol–water partition coefficient (Wildman–Crippen LogP) is 3.41. The van der Waals surface area contributed by atoms with Gasteiger partial charge in [-0.05, 0) is 47.0 Å². The molecule has 1 aliphatic rings. The Morgan fingerprint density at radius 1 is 1.32 bits per heavy atom. The van der Waals surface area contributed by atoms with Crippen LogP contribution in [-0.4, -0.2) is 35.2 Å². The number of thiophene rings is 1.